The number of carbonyl (C=O) groups excluding carboxylic acids is 1. The molecule has 1 aliphatic heterocycles. The second kappa shape index (κ2) is 6.88. The van der Waals surface area contributed by atoms with E-state index in [2.05, 4.69) is 18.7 Å². The summed E-state index contributed by atoms with van der Waals surface area (Å²) in [5.74, 6) is 0.888. The third kappa shape index (κ3) is 3.81. The number of carbonyl (C=O) groups is 1. The topological polar surface area (TPSA) is 20.3 Å². The van der Waals surface area contributed by atoms with Crippen LogP contribution >= 0.6 is 0 Å². The van der Waals surface area contributed by atoms with E-state index >= 15 is 0 Å². The van der Waals surface area contributed by atoms with Gasteiger partial charge in [0.25, 0.3) is 0 Å². The summed E-state index contributed by atoms with van der Waals surface area (Å²) < 4.78 is 0. The molecule has 1 saturated carbocycles. The largest absolute Gasteiger partial charge is 0.303 e. The smallest absolute Gasteiger partial charge is 0.137 e. The summed E-state index contributed by atoms with van der Waals surface area (Å²) in [6.07, 6.45) is 10.9. The number of nitrogens with zero attached hydrogens (tertiary/aromatic N) is 1. The summed E-state index contributed by atoms with van der Waals surface area (Å²) in [4.78, 5) is 14.7. The van der Waals surface area contributed by atoms with E-state index in [4.69, 9.17) is 0 Å². The Labute approximate surface area is 118 Å². The minimum atomic E-state index is 0.346. The Kier molecular flexibility index (Phi) is 5.44. The van der Waals surface area contributed by atoms with Crippen LogP contribution in [0.2, 0.25) is 0 Å². The Hall–Kier alpha value is -0.370. The Balaban J connectivity index is 1.83. The van der Waals surface area contributed by atoms with E-state index in [9.17, 15) is 4.79 Å². The van der Waals surface area contributed by atoms with Gasteiger partial charge in [0.2, 0.25) is 0 Å². The molecule has 2 heteroatoms. The van der Waals surface area contributed by atoms with Crippen LogP contribution in [0.1, 0.15) is 71.6 Å². The molecule has 0 bridgehead atoms. The molecular formula is C17H31NO. The predicted octanol–water partition coefficient (Wildman–Crippen LogP) is 4.04. The van der Waals surface area contributed by atoms with Gasteiger partial charge in [-0.25, -0.2) is 0 Å². The summed E-state index contributed by atoms with van der Waals surface area (Å²) in [5, 5.41) is 0. The predicted molar refractivity (Wildman–Crippen MR) is 80.3 cm³/mol. The van der Waals surface area contributed by atoms with Gasteiger partial charge in [-0.3, -0.25) is 4.79 Å². The average Bonchev–Trinajstić information content (AvgIpc) is 2.65. The van der Waals surface area contributed by atoms with E-state index in [0.29, 0.717) is 17.1 Å². The fourth-order valence-corrected chi connectivity index (χ4v) is 3.90. The summed E-state index contributed by atoms with van der Waals surface area (Å²) in [7, 11) is 0. The van der Waals surface area contributed by atoms with Crippen molar-refractivity contribution in [2.24, 2.45) is 11.3 Å². The molecule has 1 saturated heterocycles. The van der Waals surface area contributed by atoms with Crippen LogP contribution in [-0.4, -0.2) is 30.3 Å². The number of piperidine rings is 1. The van der Waals surface area contributed by atoms with Crippen LogP contribution < -0.4 is 0 Å². The number of rotatable bonds is 4. The van der Waals surface area contributed by atoms with Gasteiger partial charge >= 0.3 is 0 Å². The van der Waals surface area contributed by atoms with Crippen LogP contribution in [0.3, 0.4) is 0 Å². The van der Waals surface area contributed by atoms with E-state index in [1.165, 1.54) is 51.6 Å². The molecule has 0 aromatic heterocycles. The lowest BCUT2D eigenvalue weighted by Gasteiger charge is -2.41. The lowest BCUT2D eigenvalue weighted by Crippen LogP contribution is -2.42. The molecule has 0 amide bonds. The molecule has 1 heterocycles. The normalized spacial score (nSPS) is 29.2. The van der Waals surface area contributed by atoms with Gasteiger partial charge in [0.15, 0.2) is 0 Å². The van der Waals surface area contributed by atoms with Crippen molar-refractivity contribution in [1.29, 1.82) is 0 Å². The van der Waals surface area contributed by atoms with Crippen molar-refractivity contribution in [3.63, 3.8) is 0 Å². The van der Waals surface area contributed by atoms with Crippen molar-refractivity contribution < 1.29 is 4.79 Å². The Morgan fingerprint density at radius 3 is 2.42 bits per heavy atom. The molecule has 0 N–H and O–H groups in total. The Morgan fingerprint density at radius 2 is 1.79 bits per heavy atom. The van der Waals surface area contributed by atoms with Crippen molar-refractivity contribution in [3.05, 3.63) is 0 Å². The fourth-order valence-electron chi connectivity index (χ4n) is 3.90. The van der Waals surface area contributed by atoms with E-state index in [1.54, 1.807) is 0 Å². The number of hydrogen-bond donors (Lipinski definition) is 0. The first-order valence-electron chi connectivity index (χ1n) is 8.44. The highest BCUT2D eigenvalue weighted by Crippen LogP contribution is 2.38. The van der Waals surface area contributed by atoms with Gasteiger partial charge in [-0.05, 0) is 44.2 Å². The van der Waals surface area contributed by atoms with Crippen LogP contribution in [0.15, 0.2) is 0 Å². The van der Waals surface area contributed by atoms with E-state index in [0.717, 1.165) is 25.8 Å². The van der Waals surface area contributed by atoms with Crippen LogP contribution in [0.25, 0.3) is 0 Å². The summed E-state index contributed by atoms with van der Waals surface area (Å²) in [6.45, 7) is 8.15. The molecule has 110 valence electrons. The number of ketones is 1. The number of hydrogen-bond acceptors (Lipinski definition) is 2. The molecule has 2 aliphatic rings. The second-order valence-corrected chi connectivity index (χ2v) is 6.77. The zero-order chi connectivity index (χ0) is 13.7. The van der Waals surface area contributed by atoms with Gasteiger partial charge in [-0.15, -0.1) is 0 Å². The van der Waals surface area contributed by atoms with Crippen molar-refractivity contribution in [1.82, 2.24) is 4.90 Å². The summed E-state index contributed by atoms with van der Waals surface area (Å²) >= 11 is 0. The van der Waals surface area contributed by atoms with E-state index < -0.39 is 0 Å². The lowest BCUT2D eigenvalue weighted by atomic mass is 9.74. The molecule has 2 fully saturated rings. The van der Waals surface area contributed by atoms with E-state index in [1.807, 2.05) is 0 Å². The van der Waals surface area contributed by atoms with Gasteiger partial charge in [0, 0.05) is 18.9 Å². The van der Waals surface area contributed by atoms with Crippen LogP contribution in [-0.2, 0) is 4.79 Å². The number of Topliss-reactive ketones (excluding diaryl/α,β-unsaturated/α-hetero) is 1. The zero-order valence-corrected chi connectivity index (χ0v) is 12.9. The highest BCUT2D eigenvalue weighted by molar-refractivity contribution is 5.81. The molecule has 1 unspecified atom stereocenters. The van der Waals surface area contributed by atoms with Crippen molar-refractivity contribution in [2.45, 2.75) is 71.6 Å². The highest BCUT2D eigenvalue weighted by Gasteiger charge is 2.32. The summed E-state index contributed by atoms with van der Waals surface area (Å²) in [5.41, 5.74) is 0.601. The molecule has 2 rings (SSSR count). The molecule has 2 nitrogen and oxygen atoms in total. The average molecular weight is 265 g/mol. The first-order valence-corrected chi connectivity index (χ1v) is 8.44. The molecular weight excluding hydrogens is 234 g/mol. The maximum atomic E-state index is 12.1. The Bertz CT molecular complexity index is 286. The molecule has 0 spiro atoms. The first-order chi connectivity index (χ1) is 9.19. The van der Waals surface area contributed by atoms with Crippen molar-refractivity contribution in [2.75, 3.05) is 19.6 Å². The fraction of sp³-hybridized carbons (Fsp3) is 0.941. The maximum Gasteiger partial charge on any atom is 0.137 e. The van der Waals surface area contributed by atoms with E-state index in [-0.39, 0.29) is 0 Å². The lowest BCUT2D eigenvalue weighted by molar-refractivity contribution is -0.123. The monoisotopic (exact) mass is 265 g/mol. The molecule has 0 aromatic rings. The molecule has 1 aliphatic carbocycles. The standard InChI is InChI=1S/C17H31NO/c1-3-17(4-2)10-12-18(13-11-17)14-15-8-6-5-7-9-16(15)19/h15H,3-14H2,1-2H3. The molecule has 19 heavy (non-hydrogen) atoms. The minimum absolute atomic E-state index is 0.346. The van der Waals surface area contributed by atoms with Crippen LogP contribution in [0, 0.1) is 11.3 Å². The molecule has 1 atom stereocenters. The minimum Gasteiger partial charge on any atom is -0.303 e. The van der Waals surface area contributed by atoms with Crippen molar-refractivity contribution >= 4 is 5.78 Å². The number of likely N-dealkylation sites (tertiary alicyclic amines) is 1. The third-order valence-corrected chi connectivity index (χ3v) is 5.83. The van der Waals surface area contributed by atoms with Gasteiger partial charge in [-0.1, -0.05) is 39.5 Å². The maximum absolute atomic E-state index is 12.1. The summed E-state index contributed by atoms with van der Waals surface area (Å²) in [6, 6.07) is 0. The van der Waals surface area contributed by atoms with Crippen LogP contribution in [0.4, 0.5) is 0 Å². The third-order valence-electron chi connectivity index (χ3n) is 5.83. The molecule has 0 radical (unpaired) electrons. The highest BCUT2D eigenvalue weighted by atomic mass is 16.1. The second-order valence-electron chi connectivity index (χ2n) is 6.77. The van der Waals surface area contributed by atoms with Gasteiger partial charge in [0.1, 0.15) is 5.78 Å². The zero-order valence-electron chi connectivity index (χ0n) is 12.9. The van der Waals surface area contributed by atoms with Gasteiger partial charge in [0.05, 0.1) is 0 Å². The van der Waals surface area contributed by atoms with Gasteiger partial charge < -0.3 is 4.90 Å². The quantitative estimate of drug-likeness (QED) is 0.715. The van der Waals surface area contributed by atoms with Gasteiger partial charge in [-0.2, -0.15) is 0 Å². The Morgan fingerprint density at radius 1 is 1.11 bits per heavy atom. The molecule has 0 aromatic carbocycles. The SMILES string of the molecule is CCC1(CC)CCN(CC2CCCCCC2=O)CC1. The first kappa shape index (κ1) is 15.0. The van der Waals surface area contributed by atoms with Crippen LogP contribution in [0.5, 0.6) is 0 Å². The van der Waals surface area contributed by atoms with Crippen molar-refractivity contribution in [3.8, 4) is 0 Å².